The van der Waals surface area contributed by atoms with Crippen LogP contribution in [0, 0.1) is 11.3 Å². The molecule has 2 heterocycles. The molecule has 0 fully saturated rings. The number of ether oxygens (including phenoxy) is 1. The largest absolute Gasteiger partial charge is 0.385 e. The molecule has 25 heavy (non-hydrogen) atoms. The van der Waals surface area contributed by atoms with Crippen LogP contribution in [0.15, 0.2) is 30.7 Å². The molecule has 0 saturated heterocycles. The number of nitrogens with zero attached hydrogens (tertiary/aromatic N) is 4. The van der Waals surface area contributed by atoms with E-state index in [2.05, 4.69) is 31.9 Å². The molecule has 1 atom stereocenters. The third kappa shape index (κ3) is 4.19. The van der Waals surface area contributed by atoms with Crippen molar-refractivity contribution in [3.05, 3.63) is 47.5 Å². The highest BCUT2D eigenvalue weighted by molar-refractivity contribution is 5.59. The van der Waals surface area contributed by atoms with Gasteiger partial charge in [-0.15, -0.1) is 0 Å². The summed E-state index contributed by atoms with van der Waals surface area (Å²) in [6, 6.07) is 8.62. The number of rotatable bonds is 7. The average Bonchev–Trinajstić information content (AvgIpc) is 3.03. The maximum absolute atomic E-state index is 9.21. The molecule has 0 bridgehead atoms. The predicted octanol–water partition coefficient (Wildman–Crippen LogP) is 1.85. The van der Waals surface area contributed by atoms with Gasteiger partial charge in [-0.1, -0.05) is 0 Å². The quantitative estimate of drug-likeness (QED) is 0.780. The van der Waals surface area contributed by atoms with E-state index in [1.54, 1.807) is 7.11 Å². The normalized spacial score (nSPS) is 16.5. The maximum atomic E-state index is 9.21. The third-order valence-corrected chi connectivity index (χ3v) is 4.68. The summed E-state index contributed by atoms with van der Waals surface area (Å²) in [7, 11) is 3.75. The summed E-state index contributed by atoms with van der Waals surface area (Å²) in [5.41, 5.74) is 4.35. The van der Waals surface area contributed by atoms with Crippen molar-refractivity contribution in [2.24, 2.45) is 7.05 Å². The monoisotopic (exact) mass is 339 g/mol. The minimum atomic E-state index is 0.367. The fraction of sp³-hybridized carbons (Fsp3) is 0.474. The lowest BCUT2D eigenvalue weighted by molar-refractivity contribution is 0.193. The van der Waals surface area contributed by atoms with Gasteiger partial charge in [0.2, 0.25) is 0 Å². The zero-order chi connectivity index (χ0) is 17.6. The number of hydrogen-bond acceptors (Lipinski definition) is 5. The van der Waals surface area contributed by atoms with Crippen molar-refractivity contribution in [2.45, 2.75) is 25.4 Å². The minimum absolute atomic E-state index is 0.367. The molecule has 0 amide bonds. The Kier molecular flexibility index (Phi) is 5.69. The highest BCUT2D eigenvalue weighted by Gasteiger charge is 2.25. The molecule has 1 aliphatic heterocycles. The first kappa shape index (κ1) is 17.5. The molecule has 0 aliphatic carbocycles. The van der Waals surface area contributed by atoms with Crippen molar-refractivity contribution in [2.75, 3.05) is 31.7 Å². The summed E-state index contributed by atoms with van der Waals surface area (Å²) in [4.78, 5) is 6.60. The van der Waals surface area contributed by atoms with Crippen LogP contribution in [0.1, 0.15) is 23.2 Å². The van der Waals surface area contributed by atoms with Crippen molar-refractivity contribution in [1.29, 1.82) is 5.26 Å². The lowest BCUT2D eigenvalue weighted by atomic mass is 9.95. The van der Waals surface area contributed by atoms with Gasteiger partial charge in [-0.3, -0.25) is 0 Å². The molecule has 1 aliphatic rings. The molecule has 6 heteroatoms. The maximum Gasteiger partial charge on any atom is 0.0991 e. The van der Waals surface area contributed by atoms with Crippen LogP contribution < -0.4 is 10.2 Å². The first-order valence-corrected chi connectivity index (χ1v) is 8.66. The smallest absolute Gasteiger partial charge is 0.0991 e. The van der Waals surface area contributed by atoms with Crippen molar-refractivity contribution in [3.8, 4) is 6.07 Å². The van der Waals surface area contributed by atoms with E-state index in [-0.39, 0.29) is 0 Å². The Morgan fingerprint density at radius 1 is 1.44 bits per heavy atom. The Morgan fingerprint density at radius 2 is 2.32 bits per heavy atom. The molecule has 0 saturated carbocycles. The molecule has 3 rings (SSSR count). The van der Waals surface area contributed by atoms with E-state index in [0.717, 1.165) is 44.6 Å². The van der Waals surface area contributed by atoms with Gasteiger partial charge in [0, 0.05) is 45.2 Å². The molecule has 2 aromatic rings. The van der Waals surface area contributed by atoms with Crippen molar-refractivity contribution in [1.82, 2.24) is 14.9 Å². The number of methoxy groups -OCH3 is 1. The Labute approximate surface area is 149 Å². The first-order valence-electron chi connectivity index (χ1n) is 8.66. The van der Waals surface area contributed by atoms with E-state index in [4.69, 9.17) is 4.74 Å². The molecule has 0 spiro atoms. The SMILES string of the molecule is COCCCNC1Cc2cc(C#N)ccc2N(Cc2cncn2C)C1. The van der Waals surface area contributed by atoms with E-state index < -0.39 is 0 Å². The summed E-state index contributed by atoms with van der Waals surface area (Å²) in [6.45, 7) is 3.46. The number of aromatic nitrogens is 2. The third-order valence-electron chi connectivity index (χ3n) is 4.68. The van der Waals surface area contributed by atoms with Gasteiger partial charge < -0.3 is 19.5 Å². The Balaban J connectivity index is 1.78. The number of aryl methyl sites for hydroxylation is 1. The molecular formula is C19H25N5O. The van der Waals surface area contributed by atoms with Gasteiger partial charge in [-0.25, -0.2) is 4.98 Å². The molecule has 132 valence electrons. The number of hydrogen-bond donors (Lipinski definition) is 1. The van der Waals surface area contributed by atoms with Crippen LogP contribution >= 0.6 is 0 Å². The highest BCUT2D eigenvalue weighted by Crippen LogP contribution is 2.29. The van der Waals surface area contributed by atoms with Gasteiger partial charge in [0.15, 0.2) is 0 Å². The zero-order valence-electron chi connectivity index (χ0n) is 14.9. The fourth-order valence-corrected chi connectivity index (χ4v) is 3.36. The van der Waals surface area contributed by atoms with E-state index in [9.17, 15) is 5.26 Å². The van der Waals surface area contributed by atoms with Gasteiger partial charge in [-0.2, -0.15) is 5.26 Å². The number of benzene rings is 1. The van der Waals surface area contributed by atoms with Crippen LogP contribution in [0.5, 0.6) is 0 Å². The lowest BCUT2D eigenvalue weighted by Gasteiger charge is -2.36. The van der Waals surface area contributed by atoms with Crippen LogP contribution in [-0.2, 0) is 24.8 Å². The molecule has 1 unspecified atom stereocenters. The zero-order valence-corrected chi connectivity index (χ0v) is 14.9. The topological polar surface area (TPSA) is 66.1 Å². The number of imidazole rings is 1. The van der Waals surface area contributed by atoms with Gasteiger partial charge >= 0.3 is 0 Å². The average molecular weight is 339 g/mol. The fourth-order valence-electron chi connectivity index (χ4n) is 3.36. The lowest BCUT2D eigenvalue weighted by Crippen LogP contribution is -2.46. The molecule has 6 nitrogen and oxygen atoms in total. The van der Waals surface area contributed by atoms with Gasteiger partial charge in [0.1, 0.15) is 0 Å². The number of anilines is 1. The number of nitrogens with one attached hydrogen (secondary N) is 1. The summed E-state index contributed by atoms with van der Waals surface area (Å²) in [6.07, 6.45) is 5.69. The number of fused-ring (bicyclic) bond motifs is 1. The van der Waals surface area contributed by atoms with Crippen LogP contribution in [0.3, 0.4) is 0 Å². The molecule has 1 aromatic carbocycles. The molecular weight excluding hydrogens is 314 g/mol. The van der Waals surface area contributed by atoms with Crippen LogP contribution in [0.25, 0.3) is 0 Å². The summed E-state index contributed by atoms with van der Waals surface area (Å²) in [5, 5.41) is 12.8. The summed E-state index contributed by atoms with van der Waals surface area (Å²) in [5.74, 6) is 0. The van der Waals surface area contributed by atoms with Crippen molar-refractivity contribution >= 4 is 5.69 Å². The van der Waals surface area contributed by atoms with E-state index >= 15 is 0 Å². The van der Waals surface area contributed by atoms with Crippen molar-refractivity contribution in [3.63, 3.8) is 0 Å². The van der Waals surface area contributed by atoms with Gasteiger partial charge in [-0.05, 0) is 43.1 Å². The summed E-state index contributed by atoms with van der Waals surface area (Å²) >= 11 is 0. The molecule has 0 radical (unpaired) electrons. The van der Waals surface area contributed by atoms with E-state index in [1.165, 1.54) is 16.9 Å². The molecule has 1 aromatic heterocycles. The van der Waals surface area contributed by atoms with Crippen molar-refractivity contribution < 1.29 is 4.74 Å². The van der Waals surface area contributed by atoms with Gasteiger partial charge in [0.25, 0.3) is 0 Å². The Bertz CT molecular complexity index is 749. The second-order valence-electron chi connectivity index (χ2n) is 6.53. The van der Waals surface area contributed by atoms with E-state index in [0.29, 0.717) is 6.04 Å². The second-order valence-corrected chi connectivity index (χ2v) is 6.53. The van der Waals surface area contributed by atoms with Crippen LogP contribution in [-0.4, -0.2) is 42.4 Å². The molecule has 1 N–H and O–H groups in total. The van der Waals surface area contributed by atoms with E-state index in [1.807, 2.05) is 31.7 Å². The van der Waals surface area contributed by atoms with Gasteiger partial charge in [0.05, 0.1) is 30.2 Å². The standard InChI is InChI=1S/C19H25N5O/c1-23-14-21-11-18(23)13-24-12-17(22-6-3-7-25-2)9-16-8-15(10-20)4-5-19(16)24/h4-5,8,11,14,17,22H,3,6-7,9,12-13H2,1-2H3. The first-order chi connectivity index (χ1) is 12.2. The van der Waals surface area contributed by atoms with Crippen LogP contribution in [0.2, 0.25) is 0 Å². The minimum Gasteiger partial charge on any atom is -0.385 e. The second kappa shape index (κ2) is 8.15. The highest BCUT2D eigenvalue weighted by atomic mass is 16.5. The Hall–Kier alpha value is -2.36. The Morgan fingerprint density at radius 3 is 3.04 bits per heavy atom. The number of nitriles is 1. The predicted molar refractivity (Wildman–Crippen MR) is 97.4 cm³/mol. The summed E-state index contributed by atoms with van der Waals surface area (Å²) < 4.78 is 7.18. The van der Waals surface area contributed by atoms with Crippen LogP contribution in [0.4, 0.5) is 5.69 Å².